The lowest BCUT2D eigenvalue weighted by atomic mass is 10.00. The Kier molecular flexibility index (Phi) is 4.21. The van der Waals surface area contributed by atoms with Crippen molar-refractivity contribution in [2.45, 2.75) is 48.8 Å². The summed E-state index contributed by atoms with van der Waals surface area (Å²) in [6.07, 6.45) is 2.36. The molecule has 2 atom stereocenters. The van der Waals surface area contributed by atoms with E-state index in [9.17, 15) is 4.79 Å². The van der Waals surface area contributed by atoms with Gasteiger partial charge in [0.25, 0.3) is 0 Å². The van der Waals surface area contributed by atoms with Gasteiger partial charge in [-0.1, -0.05) is 17.7 Å². The van der Waals surface area contributed by atoms with Crippen LogP contribution < -0.4 is 5.73 Å². The summed E-state index contributed by atoms with van der Waals surface area (Å²) in [4.78, 5) is 13.0. The maximum absolute atomic E-state index is 11.7. The normalized spacial score (nSPS) is 26.4. The van der Waals surface area contributed by atoms with Crippen molar-refractivity contribution in [2.24, 2.45) is 5.73 Å². The van der Waals surface area contributed by atoms with Gasteiger partial charge in [0, 0.05) is 10.1 Å². The standard InChI is InChI=1S/C15H21NO2S/c1-10-4-5-13(11(2)8-10)19-12-6-7-15(16,9-12)14(17)18-3/h4-5,8,12H,6-7,9,16H2,1-3H3. The first-order valence-corrected chi connectivity index (χ1v) is 7.44. The first-order valence-electron chi connectivity index (χ1n) is 6.56. The molecule has 4 heteroatoms. The van der Waals surface area contributed by atoms with Gasteiger partial charge in [0.15, 0.2) is 0 Å². The van der Waals surface area contributed by atoms with E-state index in [2.05, 4.69) is 32.0 Å². The van der Waals surface area contributed by atoms with Crippen LogP contribution >= 0.6 is 11.8 Å². The van der Waals surface area contributed by atoms with E-state index in [1.54, 1.807) is 0 Å². The van der Waals surface area contributed by atoms with E-state index in [1.165, 1.54) is 23.1 Å². The monoisotopic (exact) mass is 279 g/mol. The van der Waals surface area contributed by atoms with Crippen molar-refractivity contribution < 1.29 is 9.53 Å². The van der Waals surface area contributed by atoms with Crippen molar-refractivity contribution in [1.82, 2.24) is 0 Å². The minimum Gasteiger partial charge on any atom is -0.468 e. The predicted molar refractivity (Wildman–Crippen MR) is 78.3 cm³/mol. The molecule has 2 N–H and O–H groups in total. The molecule has 1 aromatic rings. The number of rotatable bonds is 3. The van der Waals surface area contributed by atoms with Gasteiger partial charge in [-0.25, -0.2) is 0 Å². The lowest BCUT2D eigenvalue weighted by Gasteiger charge is -2.20. The number of aryl methyl sites for hydroxylation is 2. The highest BCUT2D eigenvalue weighted by Gasteiger charge is 2.43. The van der Waals surface area contributed by atoms with Gasteiger partial charge >= 0.3 is 5.97 Å². The number of ether oxygens (including phenoxy) is 1. The Morgan fingerprint density at radius 3 is 2.84 bits per heavy atom. The lowest BCUT2D eigenvalue weighted by molar-refractivity contribution is -0.146. The molecule has 2 rings (SSSR count). The number of hydrogen-bond acceptors (Lipinski definition) is 4. The number of thioether (sulfide) groups is 1. The molecule has 3 nitrogen and oxygen atoms in total. The number of nitrogens with two attached hydrogens (primary N) is 1. The first kappa shape index (κ1) is 14.4. The van der Waals surface area contributed by atoms with E-state index >= 15 is 0 Å². The topological polar surface area (TPSA) is 52.3 Å². The minimum absolute atomic E-state index is 0.281. The summed E-state index contributed by atoms with van der Waals surface area (Å²) in [5.41, 5.74) is 7.91. The van der Waals surface area contributed by atoms with Gasteiger partial charge in [-0.05, 0) is 44.7 Å². The van der Waals surface area contributed by atoms with E-state index in [0.29, 0.717) is 18.1 Å². The van der Waals surface area contributed by atoms with Gasteiger partial charge < -0.3 is 10.5 Å². The molecule has 0 aromatic heterocycles. The molecule has 0 heterocycles. The molecule has 1 aliphatic rings. The van der Waals surface area contributed by atoms with Crippen LogP contribution in [0.15, 0.2) is 23.1 Å². The fraction of sp³-hybridized carbons (Fsp3) is 0.533. The van der Waals surface area contributed by atoms with Crippen LogP contribution in [-0.4, -0.2) is 23.9 Å². The van der Waals surface area contributed by atoms with Crippen molar-refractivity contribution in [2.75, 3.05) is 7.11 Å². The number of esters is 1. The van der Waals surface area contributed by atoms with Crippen LogP contribution in [-0.2, 0) is 9.53 Å². The smallest absolute Gasteiger partial charge is 0.325 e. The average molecular weight is 279 g/mol. The zero-order valence-electron chi connectivity index (χ0n) is 11.7. The molecule has 19 heavy (non-hydrogen) atoms. The Hall–Kier alpha value is -1.00. The number of carbonyl (C=O) groups is 1. The SMILES string of the molecule is COC(=O)C1(N)CCC(Sc2ccc(C)cc2C)C1. The number of carbonyl (C=O) groups excluding carboxylic acids is 1. The number of methoxy groups -OCH3 is 1. The summed E-state index contributed by atoms with van der Waals surface area (Å²) >= 11 is 1.83. The molecular formula is C15H21NO2S. The third kappa shape index (κ3) is 3.12. The van der Waals surface area contributed by atoms with Crippen LogP contribution in [0.2, 0.25) is 0 Å². The van der Waals surface area contributed by atoms with Gasteiger partial charge in [-0.15, -0.1) is 11.8 Å². The van der Waals surface area contributed by atoms with E-state index in [4.69, 9.17) is 10.5 Å². The van der Waals surface area contributed by atoms with E-state index in [-0.39, 0.29) is 5.97 Å². The average Bonchev–Trinajstić information content (AvgIpc) is 2.75. The van der Waals surface area contributed by atoms with Crippen LogP contribution in [0.1, 0.15) is 30.4 Å². The zero-order valence-corrected chi connectivity index (χ0v) is 12.5. The third-order valence-corrected chi connectivity index (χ3v) is 5.17. The second-order valence-corrected chi connectivity index (χ2v) is 6.74. The molecular weight excluding hydrogens is 258 g/mol. The largest absolute Gasteiger partial charge is 0.468 e. The lowest BCUT2D eigenvalue weighted by Crippen LogP contribution is -2.46. The fourth-order valence-electron chi connectivity index (χ4n) is 2.63. The van der Waals surface area contributed by atoms with Crippen LogP contribution in [0.25, 0.3) is 0 Å². The molecule has 0 bridgehead atoms. The Bertz CT molecular complexity index is 489. The second kappa shape index (κ2) is 5.55. The van der Waals surface area contributed by atoms with Gasteiger partial charge in [0.1, 0.15) is 5.54 Å². The summed E-state index contributed by atoms with van der Waals surface area (Å²) in [7, 11) is 1.40. The Labute approximate surface area is 118 Å². The molecule has 0 saturated heterocycles. The van der Waals surface area contributed by atoms with Gasteiger partial charge in [0.2, 0.25) is 0 Å². The fourth-order valence-corrected chi connectivity index (χ4v) is 4.00. The molecule has 0 radical (unpaired) electrons. The Morgan fingerprint density at radius 2 is 2.21 bits per heavy atom. The molecule has 104 valence electrons. The predicted octanol–water partition coefficient (Wildman–Crippen LogP) is 2.82. The van der Waals surface area contributed by atoms with Crippen molar-refractivity contribution >= 4 is 17.7 Å². The Balaban J connectivity index is 2.04. The number of hydrogen-bond donors (Lipinski definition) is 1. The highest BCUT2D eigenvalue weighted by atomic mass is 32.2. The molecule has 1 saturated carbocycles. The van der Waals surface area contributed by atoms with Gasteiger partial charge in [0.05, 0.1) is 7.11 Å². The molecule has 0 aliphatic heterocycles. The second-order valence-electron chi connectivity index (χ2n) is 5.40. The highest BCUT2D eigenvalue weighted by Crippen LogP contribution is 2.40. The Morgan fingerprint density at radius 1 is 1.47 bits per heavy atom. The summed E-state index contributed by atoms with van der Waals surface area (Å²) in [5.74, 6) is -0.281. The van der Waals surface area contributed by atoms with Crippen LogP contribution in [0.5, 0.6) is 0 Å². The van der Waals surface area contributed by atoms with Crippen molar-refractivity contribution in [3.8, 4) is 0 Å². The summed E-state index contributed by atoms with van der Waals surface area (Å²) < 4.78 is 4.80. The molecule has 1 aliphatic carbocycles. The van der Waals surface area contributed by atoms with Crippen molar-refractivity contribution in [1.29, 1.82) is 0 Å². The van der Waals surface area contributed by atoms with Crippen LogP contribution in [0.4, 0.5) is 0 Å². The maximum Gasteiger partial charge on any atom is 0.325 e. The highest BCUT2D eigenvalue weighted by molar-refractivity contribution is 8.00. The third-order valence-electron chi connectivity index (χ3n) is 3.72. The summed E-state index contributed by atoms with van der Waals surface area (Å²) in [5, 5.41) is 0.394. The van der Waals surface area contributed by atoms with E-state index in [1.807, 2.05) is 11.8 Å². The summed E-state index contributed by atoms with van der Waals surface area (Å²) in [6.45, 7) is 4.22. The van der Waals surface area contributed by atoms with Gasteiger partial charge in [-0.3, -0.25) is 4.79 Å². The first-order chi connectivity index (χ1) is 8.94. The van der Waals surface area contributed by atoms with Gasteiger partial charge in [-0.2, -0.15) is 0 Å². The van der Waals surface area contributed by atoms with E-state index < -0.39 is 5.54 Å². The molecule has 2 unspecified atom stereocenters. The van der Waals surface area contributed by atoms with E-state index in [0.717, 1.165) is 6.42 Å². The minimum atomic E-state index is -0.787. The zero-order chi connectivity index (χ0) is 14.0. The summed E-state index contributed by atoms with van der Waals surface area (Å²) in [6, 6.07) is 6.47. The number of benzene rings is 1. The quantitative estimate of drug-likeness (QED) is 0.864. The molecule has 1 aromatic carbocycles. The van der Waals surface area contributed by atoms with Crippen molar-refractivity contribution in [3.63, 3.8) is 0 Å². The van der Waals surface area contributed by atoms with Crippen LogP contribution in [0.3, 0.4) is 0 Å². The molecule has 1 fully saturated rings. The maximum atomic E-state index is 11.7. The molecule has 0 amide bonds. The van der Waals surface area contributed by atoms with Crippen LogP contribution in [0, 0.1) is 13.8 Å². The van der Waals surface area contributed by atoms with Crippen molar-refractivity contribution in [3.05, 3.63) is 29.3 Å². The molecule has 0 spiro atoms.